The predicted molar refractivity (Wildman–Crippen MR) is 180 cm³/mol. The van der Waals surface area contributed by atoms with Crippen molar-refractivity contribution < 1.29 is 14.0 Å². The van der Waals surface area contributed by atoms with Gasteiger partial charge in [-0.3, -0.25) is 9.59 Å². The van der Waals surface area contributed by atoms with E-state index < -0.39 is 6.04 Å². The Morgan fingerprint density at radius 1 is 0.978 bits per heavy atom. The topological polar surface area (TPSA) is 102 Å². The normalized spacial score (nSPS) is 14.8. The van der Waals surface area contributed by atoms with Gasteiger partial charge < -0.3 is 24.9 Å². The first-order chi connectivity index (χ1) is 22.2. The van der Waals surface area contributed by atoms with E-state index in [1.165, 1.54) is 11.1 Å². The minimum Gasteiger partial charge on any atom is -0.460 e. The van der Waals surface area contributed by atoms with E-state index >= 15 is 0 Å². The molecule has 0 bridgehead atoms. The van der Waals surface area contributed by atoms with Crippen molar-refractivity contribution in [2.45, 2.75) is 45.3 Å². The molecule has 3 aromatic carbocycles. The predicted octanol–water partition coefficient (Wildman–Crippen LogP) is 6.14. The molecule has 0 saturated carbocycles. The molecule has 1 aromatic heterocycles. The van der Waals surface area contributed by atoms with E-state index in [0.717, 1.165) is 30.0 Å². The Kier molecular flexibility index (Phi) is 10.9. The molecule has 0 aliphatic carbocycles. The van der Waals surface area contributed by atoms with Gasteiger partial charge in [0.15, 0.2) is 0 Å². The number of nitrogens with one attached hydrogen (secondary N) is 2. The Morgan fingerprint density at radius 3 is 2.39 bits per heavy atom. The Labute approximate surface area is 276 Å². The number of furan rings is 1. The highest BCUT2D eigenvalue weighted by Gasteiger charge is 2.25. The fourth-order valence-electron chi connectivity index (χ4n) is 5.54. The molecule has 8 nitrogen and oxygen atoms in total. The highest BCUT2D eigenvalue weighted by molar-refractivity contribution is 6.34. The smallest absolute Gasteiger partial charge is 0.253 e. The molecule has 0 spiro atoms. The number of hydrogen-bond acceptors (Lipinski definition) is 6. The maximum atomic E-state index is 13.7. The molecule has 2 atom stereocenters. The van der Waals surface area contributed by atoms with Gasteiger partial charge in [0.1, 0.15) is 11.5 Å². The molecule has 9 heteroatoms. The fourth-order valence-corrected chi connectivity index (χ4v) is 5.74. The average Bonchev–Trinajstić information content (AvgIpc) is 3.54. The van der Waals surface area contributed by atoms with Crippen LogP contribution in [0.5, 0.6) is 0 Å². The average molecular weight is 638 g/mol. The molecule has 1 saturated heterocycles. The number of nitriles is 1. The third kappa shape index (κ3) is 8.64. The molecule has 5 rings (SSSR count). The van der Waals surface area contributed by atoms with Crippen molar-refractivity contribution in [1.82, 2.24) is 20.4 Å². The zero-order valence-corrected chi connectivity index (χ0v) is 27.3. The Hall–Kier alpha value is -4.42. The van der Waals surface area contributed by atoms with Crippen molar-refractivity contribution in [2.24, 2.45) is 0 Å². The van der Waals surface area contributed by atoms with Crippen molar-refractivity contribution in [2.75, 3.05) is 33.2 Å². The third-order valence-electron chi connectivity index (χ3n) is 8.49. The monoisotopic (exact) mass is 637 g/mol. The van der Waals surface area contributed by atoms with Gasteiger partial charge in [-0.15, -0.1) is 0 Å². The van der Waals surface area contributed by atoms with Crippen LogP contribution in [0.1, 0.15) is 57.8 Å². The molecule has 1 aliphatic rings. The van der Waals surface area contributed by atoms with Gasteiger partial charge in [0.2, 0.25) is 5.91 Å². The molecule has 4 aromatic rings. The van der Waals surface area contributed by atoms with Gasteiger partial charge in [-0.1, -0.05) is 53.6 Å². The lowest BCUT2D eigenvalue weighted by atomic mass is 10.0. The van der Waals surface area contributed by atoms with E-state index in [9.17, 15) is 14.9 Å². The van der Waals surface area contributed by atoms with Crippen LogP contribution in [-0.2, 0) is 17.8 Å². The lowest BCUT2D eigenvalue weighted by Gasteiger charge is -2.33. The Balaban J connectivity index is 1.28. The van der Waals surface area contributed by atoms with Crippen molar-refractivity contribution in [3.05, 3.63) is 117 Å². The Bertz CT molecular complexity index is 1690. The minimum absolute atomic E-state index is 0.000290. The quantitative estimate of drug-likeness (QED) is 0.205. The largest absolute Gasteiger partial charge is 0.460 e. The summed E-state index contributed by atoms with van der Waals surface area (Å²) in [5.41, 5.74) is 4.93. The van der Waals surface area contributed by atoms with Crippen LogP contribution in [0.25, 0.3) is 11.3 Å². The number of piperazine rings is 1. The van der Waals surface area contributed by atoms with Crippen LogP contribution in [0, 0.1) is 18.3 Å². The number of nitrogens with zero attached hydrogens (tertiary/aromatic N) is 3. The van der Waals surface area contributed by atoms with Crippen molar-refractivity contribution in [1.29, 1.82) is 5.26 Å². The molecule has 46 heavy (non-hydrogen) atoms. The number of amides is 2. The summed E-state index contributed by atoms with van der Waals surface area (Å²) in [6.45, 7) is 7.69. The van der Waals surface area contributed by atoms with E-state index in [2.05, 4.69) is 59.7 Å². The van der Waals surface area contributed by atoms with Gasteiger partial charge in [-0.05, 0) is 80.9 Å². The van der Waals surface area contributed by atoms with E-state index in [0.29, 0.717) is 48.0 Å². The summed E-state index contributed by atoms with van der Waals surface area (Å²) in [6, 6.07) is 26.5. The van der Waals surface area contributed by atoms with Crippen LogP contribution in [-0.4, -0.2) is 60.9 Å². The molecule has 1 aliphatic heterocycles. The van der Waals surface area contributed by atoms with Gasteiger partial charge in [-0.2, -0.15) is 5.26 Å². The van der Waals surface area contributed by atoms with Crippen molar-refractivity contribution >= 4 is 23.4 Å². The van der Waals surface area contributed by atoms with Gasteiger partial charge in [0.25, 0.3) is 5.91 Å². The van der Waals surface area contributed by atoms with Crippen LogP contribution >= 0.6 is 11.6 Å². The zero-order valence-electron chi connectivity index (χ0n) is 26.6. The van der Waals surface area contributed by atoms with E-state index in [-0.39, 0.29) is 24.3 Å². The lowest BCUT2D eigenvalue weighted by molar-refractivity contribution is -0.133. The number of carbonyl (C=O) groups is 2. The summed E-state index contributed by atoms with van der Waals surface area (Å²) in [4.78, 5) is 31.0. The SMILES string of the molecule is Cc1ccc(C(C)NCc2ccc(-c3ccc(Cl)c(C(=O)NC(CC(=O)N4CCN(C)CC4)Cc4ccc(C#N)cc4)c3)o2)cc1. The molecular formula is C37H40ClN5O3. The van der Waals surface area contributed by atoms with Crippen molar-refractivity contribution in [3.63, 3.8) is 0 Å². The van der Waals surface area contributed by atoms with E-state index in [1.807, 2.05) is 42.3 Å². The second-order valence-electron chi connectivity index (χ2n) is 12.0. The van der Waals surface area contributed by atoms with Crippen LogP contribution in [0.4, 0.5) is 0 Å². The van der Waals surface area contributed by atoms with Gasteiger partial charge >= 0.3 is 0 Å². The second-order valence-corrected chi connectivity index (χ2v) is 12.5. The number of carbonyl (C=O) groups excluding carboxylic acids is 2. The van der Waals surface area contributed by atoms with E-state index in [1.54, 1.807) is 24.3 Å². The number of aryl methyl sites for hydroxylation is 1. The van der Waals surface area contributed by atoms with Crippen LogP contribution in [0.2, 0.25) is 5.02 Å². The van der Waals surface area contributed by atoms with Crippen LogP contribution in [0.3, 0.4) is 0 Å². The lowest BCUT2D eigenvalue weighted by Crippen LogP contribution is -2.49. The molecule has 2 unspecified atom stereocenters. The van der Waals surface area contributed by atoms with Crippen LogP contribution in [0.15, 0.2) is 83.3 Å². The number of rotatable bonds is 11. The summed E-state index contributed by atoms with van der Waals surface area (Å²) in [5, 5.41) is 16.1. The summed E-state index contributed by atoms with van der Waals surface area (Å²) in [5.74, 6) is 1.04. The summed E-state index contributed by atoms with van der Waals surface area (Å²) < 4.78 is 6.14. The zero-order chi connectivity index (χ0) is 32.6. The first-order valence-corrected chi connectivity index (χ1v) is 16.0. The highest BCUT2D eigenvalue weighted by atomic mass is 35.5. The first-order valence-electron chi connectivity index (χ1n) is 15.6. The molecule has 2 N–H and O–H groups in total. The number of benzene rings is 3. The third-order valence-corrected chi connectivity index (χ3v) is 8.82. The standard InChI is InChI=1S/C37H40ClN5O3/c1-25-4-10-29(11-5-25)26(2)40-24-32-13-15-35(46-32)30-12-14-34(38)33(21-30)37(45)41-31(20-27-6-8-28(23-39)9-7-27)22-36(44)43-18-16-42(3)17-19-43/h4-15,21,26,31,40H,16-20,22,24H2,1-3H3,(H,41,45). The maximum Gasteiger partial charge on any atom is 0.253 e. The molecule has 0 radical (unpaired) electrons. The fraction of sp³-hybridized carbons (Fsp3) is 0.324. The summed E-state index contributed by atoms with van der Waals surface area (Å²) in [6.07, 6.45) is 0.589. The van der Waals surface area contributed by atoms with Gasteiger partial charge in [-0.25, -0.2) is 0 Å². The molecular weight excluding hydrogens is 598 g/mol. The van der Waals surface area contributed by atoms with Crippen molar-refractivity contribution in [3.8, 4) is 17.4 Å². The number of hydrogen-bond donors (Lipinski definition) is 2. The number of halogens is 1. The Morgan fingerprint density at radius 2 is 1.70 bits per heavy atom. The van der Waals surface area contributed by atoms with Crippen LogP contribution < -0.4 is 10.6 Å². The van der Waals surface area contributed by atoms with Gasteiger partial charge in [0, 0.05) is 50.2 Å². The molecule has 238 valence electrons. The maximum absolute atomic E-state index is 13.7. The molecule has 2 amide bonds. The second kappa shape index (κ2) is 15.2. The highest BCUT2D eigenvalue weighted by Crippen LogP contribution is 2.28. The summed E-state index contributed by atoms with van der Waals surface area (Å²) in [7, 11) is 2.04. The number of likely N-dealkylation sites (N-methyl/N-ethyl adjacent to an activating group) is 1. The first kappa shape index (κ1) is 33.0. The molecule has 2 heterocycles. The minimum atomic E-state index is -0.468. The molecule has 1 fully saturated rings. The van der Waals surface area contributed by atoms with E-state index in [4.69, 9.17) is 16.0 Å². The summed E-state index contributed by atoms with van der Waals surface area (Å²) >= 11 is 6.54. The van der Waals surface area contributed by atoms with Gasteiger partial charge in [0.05, 0.1) is 28.8 Å².